The van der Waals surface area contributed by atoms with Gasteiger partial charge in [0.25, 0.3) is 0 Å². The molecular weight excluding hydrogens is 1710 g/mol. The van der Waals surface area contributed by atoms with Crippen LogP contribution in [0.2, 0.25) is 5.02 Å². The number of halogens is 7. The second-order valence-electron chi connectivity index (χ2n) is 35.2. The molecule has 674 valence electrons. The molecule has 2 atom stereocenters. The molecule has 0 aromatic heterocycles. The second kappa shape index (κ2) is 36.5. The Hall–Kier alpha value is -14.6. The lowest BCUT2D eigenvalue weighted by Crippen LogP contribution is -2.37. The van der Waals surface area contributed by atoms with Gasteiger partial charge in [0, 0.05) is 44.2 Å². The lowest BCUT2D eigenvalue weighted by atomic mass is 9.70. The Morgan fingerprint density at radius 1 is 0.239 bits per heavy atom. The lowest BCUT2D eigenvalue weighted by molar-refractivity contribution is -0.137. The number of fused-ring (bicyclic) bond motifs is 5. The number of aryl methyl sites for hydroxylation is 10. The summed E-state index contributed by atoms with van der Waals surface area (Å²) in [6.07, 6.45) is -9.15. The maximum atomic E-state index is 13.6. The molecule has 5 heterocycles. The van der Waals surface area contributed by atoms with Crippen molar-refractivity contribution >= 4 is 69.6 Å². The van der Waals surface area contributed by atoms with Crippen LogP contribution in [0.1, 0.15) is 167 Å². The maximum absolute atomic E-state index is 13.6. The summed E-state index contributed by atoms with van der Waals surface area (Å²) in [5.74, 6) is -1.07. The number of aliphatic hydroxyl groups excluding tert-OH is 2. The van der Waals surface area contributed by atoms with Crippen LogP contribution in [0.5, 0.6) is 0 Å². The van der Waals surface area contributed by atoms with E-state index in [0.29, 0.717) is 38.4 Å². The Morgan fingerprint density at radius 3 is 0.642 bits per heavy atom. The van der Waals surface area contributed by atoms with Gasteiger partial charge >= 0.3 is 12.4 Å². The van der Waals surface area contributed by atoms with E-state index in [-0.39, 0.29) is 47.9 Å². The molecule has 15 aromatic carbocycles. The number of benzene rings is 15. The van der Waals surface area contributed by atoms with Gasteiger partial charge in [-0.1, -0.05) is 365 Å². The number of para-hydroxylation sites is 4. The van der Waals surface area contributed by atoms with Crippen molar-refractivity contribution < 1.29 is 60.5 Å². The number of rotatable bonds is 12. The summed E-state index contributed by atoms with van der Waals surface area (Å²) >= 11 is 6.32. The molecule has 19 heteroatoms. The van der Waals surface area contributed by atoms with Gasteiger partial charge < -0.3 is 36.8 Å². The van der Waals surface area contributed by atoms with E-state index in [1.807, 2.05) is 224 Å². The van der Waals surface area contributed by atoms with Crippen molar-refractivity contribution in [2.45, 2.75) is 129 Å². The zero-order valence-corrected chi connectivity index (χ0v) is 76.4. The summed E-state index contributed by atoms with van der Waals surface area (Å²) in [5.41, 5.74) is 20.3. The van der Waals surface area contributed by atoms with Crippen molar-refractivity contribution in [3.05, 3.63) is 500 Å². The highest BCUT2D eigenvalue weighted by Crippen LogP contribution is 2.57. The molecule has 0 spiro atoms. The number of anilines is 5. The average Bonchev–Trinajstić information content (AvgIpc) is 1.55. The van der Waals surface area contributed by atoms with Crippen molar-refractivity contribution in [3.63, 3.8) is 0 Å². The van der Waals surface area contributed by atoms with Crippen molar-refractivity contribution in [3.8, 4) is 0 Å². The Bertz CT molecular complexity index is 6890. The van der Waals surface area contributed by atoms with Gasteiger partial charge in [-0.3, -0.25) is 24.0 Å². The second-order valence-corrected chi connectivity index (χ2v) is 35.6. The number of carbonyl (C=O) groups excluding carboxylic acids is 5. The van der Waals surface area contributed by atoms with Crippen LogP contribution in [0.15, 0.2) is 328 Å². The van der Waals surface area contributed by atoms with Gasteiger partial charge in [0.1, 0.15) is 27.1 Å². The quantitative estimate of drug-likeness (QED) is 0.0593. The molecular formula is C115H98ClF6N5O7. The number of amides is 5. The van der Waals surface area contributed by atoms with Crippen LogP contribution >= 0.6 is 11.6 Å². The van der Waals surface area contributed by atoms with Gasteiger partial charge in [-0.15, -0.1) is 0 Å². The highest BCUT2D eigenvalue weighted by atomic mass is 35.5. The number of hydrogen-bond acceptors (Lipinski definition) is 7. The first-order chi connectivity index (χ1) is 64.1. The SMILES string of the molecule is Cc1ccc(C2(c3ccc(C)cc3)C(=O)Nc3c(C(F)(F)F)cccc32)cc1.Cc1ccc(C2(c3ccc(C)cc3)C(=O)Nc3c(C)cccc32)cc1.Cc1ccc(C2(c3ccc(C)cc3)C(=O)Nc3c2ccc(Cl)c3C)cc1.Cc1ccc([C@@]2(c3ccc(CO)cc3)C(=O)Nc3c(C(F)(F)F)cccc32)cc1.Cc1ccc([C@@]2(c3ccc(CO)cc3)C(=O)Nc3c(C)cccc32)cc1. The van der Waals surface area contributed by atoms with Crippen LogP contribution in [0.4, 0.5) is 54.8 Å². The molecule has 5 amide bonds. The number of carbonyl (C=O) groups is 5. The number of hydrogen-bond donors (Lipinski definition) is 7. The Balaban J connectivity index is 0.000000122. The first-order valence-electron chi connectivity index (χ1n) is 44.0. The van der Waals surface area contributed by atoms with E-state index in [1.54, 1.807) is 48.5 Å². The maximum Gasteiger partial charge on any atom is 0.418 e. The third kappa shape index (κ3) is 16.1. The van der Waals surface area contributed by atoms with Gasteiger partial charge in [0.05, 0.1) is 41.4 Å². The third-order valence-electron chi connectivity index (χ3n) is 26.6. The number of alkyl halides is 6. The molecule has 12 nitrogen and oxygen atoms in total. The van der Waals surface area contributed by atoms with Crippen molar-refractivity contribution in [2.75, 3.05) is 26.6 Å². The average molecular weight is 1810 g/mol. The van der Waals surface area contributed by atoms with E-state index in [0.717, 1.165) is 124 Å². The van der Waals surface area contributed by atoms with E-state index in [2.05, 4.69) is 133 Å². The van der Waals surface area contributed by atoms with Crippen molar-refractivity contribution in [2.24, 2.45) is 0 Å². The fraction of sp³-hybridized carbons (Fsp3) is 0.174. The van der Waals surface area contributed by atoms with E-state index in [4.69, 9.17) is 11.6 Å². The lowest BCUT2D eigenvalue weighted by Gasteiger charge is -2.29. The monoisotopic (exact) mass is 1810 g/mol. The van der Waals surface area contributed by atoms with Crippen molar-refractivity contribution in [1.82, 2.24) is 0 Å². The predicted molar refractivity (Wildman–Crippen MR) is 518 cm³/mol. The number of aliphatic hydroxyl groups is 2. The highest BCUT2D eigenvalue weighted by molar-refractivity contribution is 6.32. The van der Waals surface area contributed by atoms with Gasteiger partial charge in [0.15, 0.2) is 0 Å². The topological polar surface area (TPSA) is 186 Å². The van der Waals surface area contributed by atoms with Crippen LogP contribution in [-0.4, -0.2) is 39.7 Å². The normalized spacial score (nSPS) is 16.4. The summed E-state index contributed by atoms with van der Waals surface area (Å²) in [6.45, 7) is 21.8. The summed E-state index contributed by atoms with van der Waals surface area (Å²) < 4.78 is 81.5. The van der Waals surface area contributed by atoms with Gasteiger partial charge in [-0.25, -0.2) is 0 Å². The standard InChI is InChI=1S/C23H20ClNO.C23H18F3NO2.C23H18F3NO.C23H21NO2.C23H21NO/c1-14-4-8-17(9-5-14)23(18-10-6-15(2)7-11-18)19-12-13-20(24)16(3)21(19)25-22(23)26;1-14-5-9-16(10-6-14)22(17-11-7-15(13-28)8-12-17)18-3-2-4-19(23(24,25)26)20(18)27-21(22)29;1-14-6-10-16(11-7-14)22(17-12-8-15(2)9-13-17)18-4-3-5-19(23(24,25)26)20(18)27-21(22)28;1-15-6-10-18(11-7-15)23(19-12-8-17(14-25)9-13-19)20-5-3-4-16(2)21(20)24-22(23)26;1-15-7-11-18(12-8-15)23(19-13-9-16(2)10-14-19)20-6-4-5-17(3)21(20)24-22(23)25/h4-13H,1-3H3,(H,25,26);2-12,28H,13H2,1H3,(H,27,29);3-13H,1-2H3,(H,27,28);3-13,25H,14H2,1-2H3,(H,24,26);4-14H,1-3H3,(H,24,25)/t;22-;;23-;/m.0.0./s1. The summed E-state index contributed by atoms with van der Waals surface area (Å²) in [6, 6.07) is 101. The molecule has 0 saturated carbocycles. The molecule has 7 N–H and O–H groups in total. The fourth-order valence-corrected chi connectivity index (χ4v) is 19.6. The van der Waals surface area contributed by atoms with Gasteiger partial charge in [-0.2, -0.15) is 26.3 Å². The first kappa shape index (κ1) is 92.7. The van der Waals surface area contributed by atoms with Crippen LogP contribution in [0.25, 0.3) is 0 Å². The minimum atomic E-state index is -4.59. The minimum Gasteiger partial charge on any atom is -0.392 e. The molecule has 0 unspecified atom stereocenters. The molecule has 15 aromatic rings. The molecule has 0 bridgehead atoms. The van der Waals surface area contributed by atoms with Crippen LogP contribution in [-0.2, 0) is 76.6 Å². The summed E-state index contributed by atoms with van der Waals surface area (Å²) in [4.78, 5) is 66.9. The summed E-state index contributed by atoms with van der Waals surface area (Å²) in [5, 5.41) is 33.7. The first-order valence-corrected chi connectivity index (χ1v) is 44.4. The number of nitrogens with one attached hydrogen (secondary N) is 5. The molecule has 0 radical (unpaired) electrons. The van der Waals surface area contributed by atoms with Crippen molar-refractivity contribution in [1.29, 1.82) is 0 Å². The summed E-state index contributed by atoms with van der Waals surface area (Å²) in [7, 11) is 0. The Morgan fingerprint density at radius 2 is 0.425 bits per heavy atom. The zero-order chi connectivity index (χ0) is 95.3. The molecule has 20 rings (SSSR count). The predicted octanol–water partition coefficient (Wildman–Crippen LogP) is 24.9. The molecule has 5 aliphatic rings. The van der Waals surface area contributed by atoms with Gasteiger partial charge in [0.2, 0.25) is 29.5 Å². The smallest absolute Gasteiger partial charge is 0.392 e. The highest BCUT2D eigenvalue weighted by Gasteiger charge is 2.57. The third-order valence-corrected chi connectivity index (χ3v) is 27.0. The molecule has 0 saturated heterocycles. The van der Waals surface area contributed by atoms with E-state index in [9.17, 15) is 60.5 Å². The van der Waals surface area contributed by atoms with E-state index >= 15 is 0 Å². The largest absolute Gasteiger partial charge is 0.418 e. The van der Waals surface area contributed by atoms with Gasteiger partial charge in [-0.05, 0) is 178 Å². The van der Waals surface area contributed by atoms with Crippen LogP contribution in [0.3, 0.4) is 0 Å². The van der Waals surface area contributed by atoms with Crippen LogP contribution < -0.4 is 26.6 Å². The van der Waals surface area contributed by atoms with Crippen LogP contribution in [0, 0.1) is 76.2 Å². The Kier molecular flexibility index (Phi) is 25.3. The van der Waals surface area contributed by atoms with E-state index in [1.165, 1.54) is 34.4 Å². The Labute approximate surface area is 780 Å². The minimum absolute atomic E-state index is 0.0142. The zero-order valence-electron chi connectivity index (χ0n) is 75.7. The fourth-order valence-electron chi connectivity index (χ4n) is 19.4. The van der Waals surface area contributed by atoms with E-state index < -0.39 is 62.4 Å². The molecule has 0 fully saturated rings. The molecule has 0 aliphatic carbocycles. The molecule has 134 heavy (non-hydrogen) atoms. The molecule has 5 aliphatic heterocycles.